The van der Waals surface area contributed by atoms with Gasteiger partial charge in [0.05, 0.1) is 19.3 Å². The van der Waals surface area contributed by atoms with E-state index in [1.165, 1.54) is 6.92 Å². The van der Waals surface area contributed by atoms with E-state index in [9.17, 15) is 9.59 Å². The number of fused-ring (bicyclic) bond motifs is 1. The fourth-order valence-electron chi connectivity index (χ4n) is 3.65. The molecule has 4 atom stereocenters. The minimum Gasteiger partial charge on any atom is -0.441 e. The van der Waals surface area contributed by atoms with Crippen molar-refractivity contribution in [2.24, 2.45) is 0 Å². The highest BCUT2D eigenvalue weighted by Gasteiger charge is 2.49. The largest absolute Gasteiger partial charge is 0.441 e. The van der Waals surface area contributed by atoms with E-state index in [1.54, 1.807) is 24.3 Å². The van der Waals surface area contributed by atoms with Crippen LogP contribution in [0, 0.1) is 0 Å². The highest BCUT2D eigenvalue weighted by molar-refractivity contribution is 7.80. The molecule has 4 rings (SSSR count). The first-order valence-electron chi connectivity index (χ1n) is 9.94. The maximum absolute atomic E-state index is 12.3. The van der Waals surface area contributed by atoms with Crippen LogP contribution in [0.2, 0.25) is 0 Å². The van der Waals surface area contributed by atoms with Gasteiger partial charge in [-0.15, -0.1) is 0 Å². The van der Waals surface area contributed by atoms with Crippen LogP contribution >= 0.6 is 12.2 Å². The van der Waals surface area contributed by atoms with E-state index >= 15 is 0 Å². The van der Waals surface area contributed by atoms with Crippen molar-refractivity contribution < 1.29 is 23.8 Å². The molecule has 0 bridgehead atoms. The van der Waals surface area contributed by atoms with Crippen LogP contribution in [0.3, 0.4) is 0 Å². The number of hydrogen-bond acceptors (Lipinski definition) is 6. The number of amides is 1. The maximum Gasteiger partial charge on any atom is 0.412 e. The molecule has 0 aliphatic carbocycles. The molecule has 2 aliphatic rings. The predicted molar refractivity (Wildman–Crippen MR) is 119 cm³/mol. The van der Waals surface area contributed by atoms with E-state index in [0.29, 0.717) is 23.0 Å². The number of benzene rings is 2. The highest BCUT2D eigenvalue weighted by Crippen LogP contribution is 2.29. The molecule has 162 valence electrons. The number of anilines is 2. The maximum atomic E-state index is 12.3. The lowest BCUT2D eigenvalue weighted by atomic mass is 10.1. The fraction of sp³-hybridized carbons (Fsp3) is 0.318. The summed E-state index contributed by atoms with van der Waals surface area (Å²) in [7, 11) is 0. The van der Waals surface area contributed by atoms with Crippen molar-refractivity contribution in [1.29, 1.82) is 0 Å². The quantitative estimate of drug-likeness (QED) is 0.481. The highest BCUT2D eigenvalue weighted by atomic mass is 32.1. The molecule has 2 aliphatic heterocycles. The Hall–Kier alpha value is -3.01. The van der Waals surface area contributed by atoms with Gasteiger partial charge in [0.1, 0.15) is 12.2 Å². The summed E-state index contributed by atoms with van der Waals surface area (Å²) in [6.07, 6.45) is -1.83. The Bertz CT molecular complexity index is 971. The van der Waals surface area contributed by atoms with Crippen LogP contribution in [0.5, 0.6) is 0 Å². The van der Waals surface area contributed by atoms with Gasteiger partial charge in [-0.2, -0.15) is 0 Å². The van der Waals surface area contributed by atoms with Gasteiger partial charge in [-0.1, -0.05) is 30.3 Å². The smallest absolute Gasteiger partial charge is 0.412 e. The molecular weight excluding hydrogens is 418 g/mol. The van der Waals surface area contributed by atoms with Crippen LogP contribution in [-0.2, 0) is 14.2 Å². The van der Waals surface area contributed by atoms with E-state index in [1.807, 2.05) is 30.3 Å². The average molecular weight is 442 g/mol. The number of thiocarbonyl (C=S) groups is 1. The van der Waals surface area contributed by atoms with Gasteiger partial charge < -0.3 is 24.8 Å². The molecule has 3 N–H and O–H groups in total. The van der Waals surface area contributed by atoms with Crippen molar-refractivity contribution in [3.8, 4) is 0 Å². The zero-order valence-electron chi connectivity index (χ0n) is 16.9. The Morgan fingerprint density at radius 3 is 2.48 bits per heavy atom. The Balaban J connectivity index is 1.29. The molecule has 0 aromatic heterocycles. The topological polar surface area (TPSA) is 97.9 Å². The molecule has 31 heavy (non-hydrogen) atoms. The number of ketones is 1. The van der Waals surface area contributed by atoms with Gasteiger partial charge in [-0.05, 0) is 43.4 Å². The van der Waals surface area contributed by atoms with Crippen LogP contribution in [0.25, 0.3) is 0 Å². The van der Waals surface area contributed by atoms with Crippen LogP contribution < -0.4 is 16.0 Å². The molecule has 2 heterocycles. The van der Waals surface area contributed by atoms with Gasteiger partial charge >= 0.3 is 6.09 Å². The second-order valence-electron chi connectivity index (χ2n) is 7.37. The second kappa shape index (κ2) is 9.42. The van der Waals surface area contributed by atoms with Gasteiger partial charge in [0, 0.05) is 16.9 Å². The minimum absolute atomic E-state index is 0.0818. The summed E-state index contributed by atoms with van der Waals surface area (Å²) in [4.78, 5) is 23.8. The summed E-state index contributed by atoms with van der Waals surface area (Å²) >= 11 is 5.38. The monoisotopic (exact) mass is 441 g/mol. The molecule has 0 radical (unpaired) electrons. The summed E-state index contributed by atoms with van der Waals surface area (Å²) < 4.78 is 17.2. The zero-order chi connectivity index (χ0) is 21.8. The molecule has 0 saturated carbocycles. The van der Waals surface area contributed by atoms with Crippen molar-refractivity contribution in [3.05, 3.63) is 60.2 Å². The van der Waals surface area contributed by atoms with E-state index in [-0.39, 0.29) is 30.6 Å². The molecule has 2 saturated heterocycles. The summed E-state index contributed by atoms with van der Waals surface area (Å²) in [5.41, 5.74) is 1.88. The van der Waals surface area contributed by atoms with Crippen molar-refractivity contribution in [3.63, 3.8) is 0 Å². The number of carbonyl (C=O) groups is 2. The minimum atomic E-state index is -0.628. The summed E-state index contributed by atoms with van der Waals surface area (Å²) in [6, 6.07) is 16.1. The van der Waals surface area contributed by atoms with Crippen LogP contribution in [-0.4, -0.2) is 54.6 Å². The SMILES string of the molecule is CC(=O)c1cccc(NC(=O)O[C@@H]2CO[C@H]3[C@@H]2OC[C@@H]3NC(=S)Nc2ccccc2)c1. The van der Waals surface area contributed by atoms with Crippen LogP contribution in [0.4, 0.5) is 16.2 Å². The molecule has 2 aromatic rings. The van der Waals surface area contributed by atoms with E-state index < -0.39 is 12.2 Å². The molecule has 2 aromatic carbocycles. The molecule has 2 fully saturated rings. The van der Waals surface area contributed by atoms with Gasteiger partial charge in [-0.25, -0.2) is 4.79 Å². The second-order valence-corrected chi connectivity index (χ2v) is 7.78. The number of nitrogens with one attached hydrogen (secondary N) is 3. The normalized spacial score (nSPS) is 24.2. The Labute approximate surface area is 185 Å². The first-order valence-corrected chi connectivity index (χ1v) is 10.3. The number of ether oxygens (including phenoxy) is 3. The summed E-state index contributed by atoms with van der Waals surface area (Å²) in [6.45, 7) is 2.08. The third-order valence-electron chi connectivity index (χ3n) is 5.13. The first-order chi connectivity index (χ1) is 15.0. The third kappa shape index (κ3) is 5.19. The number of rotatable bonds is 5. The molecule has 0 unspecified atom stereocenters. The van der Waals surface area contributed by atoms with E-state index in [0.717, 1.165) is 5.69 Å². The standard InChI is InChI=1S/C22H23N3O5S/c1-13(26)14-6-5-9-16(10-14)24-22(27)30-18-12-29-19-17(11-28-20(18)19)25-21(31)23-15-7-3-2-4-8-15/h2-10,17-20H,11-12H2,1H3,(H,24,27)(H2,23,25,31)/t17-,18+,19+,20+/m0/s1. The molecule has 1 amide bonds. The van der Waals surface area contributed by atoms with Gasteiger partial charge in [0.15, 0.2) is 17.0 Å². The lowest BCUT2D eigenvalue weighted by molar-refractivity contribution is 0.00880. The first kappa shape index (κ1) is 21.2. The lowest BCUT2D eigenvalue weighted by Crippen LogP contribution is -2.46. The van der Waals surface area contributed by atoms with Gasteiger partial charge in [-0.3, -0.25) is 10.1 Å². The lowest BCUT2D eigenvalue weighted by Gasteiger charge is -2.20. The Morgan fingerprint density at radius 2 is 1.71 bits per heavy atom. The molecule has 8 nitrogen and oxygen atoms in total. The van der Waals surface area contributed by atoms with Crippen LogP contribution in [0.1, 0.15) is 17.3 Å². The third-order valence-corrected chi connectivity index (χ3v) is 5.35. The molecule has 9 heteroatoms. The van der Waals surface area contributed by atoms with Crippen LogP contribution in [0.15, 0.2) is 54.6 Å². The number of carbonyl (C=O) groups excluding carboxylic acids is 2. The molecule has 0 spiro atoms. The van der Waals surface area contributed by atoms with Gasteiger partial charge in [0.2, 0.25) is 0 Å². The van der Waals surface area contributed by atoms with Gasteiger partial charge in [0.25, 0.3) is 0 Å². The van der Waals surface area contributed by atoms with Crippen molar-refractivity contribution in [2.45, 2.75) is 31.3 Å². The number of hydrogen-bond donors (Lipinski definition) is 3. The zero-order valence-corrected chi connectivity index (χ0v) is 17.7. The Morgan fingerprint density at radius 1 is 0.968 bits per heavy atom. The molecular formula is C22H23N3O5S. The van der Waals surface area contributed by atoms with E-state index in [4.69, 9.17) is 26.4 Å². The number of Topliss-reactive ketones (excluding diaryl/α,β-unsaturated/α-hetero) is 1. The van der Waals surface area contributed by atoms with Crippen molar-refractivity contribution in [2.75, 3.05) is 23.8 Å². The fourth-order valence-corrected chi connectivity index (χ4v) is 3.92. The van der Waals surface area contributed by atoms with E-state index in [2.05, 4.69) is 16.0 Å². The Kier molecular flexibility index (Phi) is 6.45. The van der Waals surface area contributed by atoms with Crippen molar-refractivity contribution in [1.82, 2.24) is 5.32 Å². The summed E-state index contributed by atoms with van der Waals surface area (Å²) in [5, 5.41) is 9.45. The van der Waals surface area contributed by atoms with Crippen molar-refractivity contribution >= 4 is 40.6 Å². The summed E-state index contributed by atoms with van der Waals surface area (Å²) in [5.74, 6) is -0.0818. The average Bonchev–Trinajstić information content (AvgIpc) is 3.32. The number of para-hydroxylation sites is 1. The predicted octanol–water partition coefficient (Wildman–Crippen LogP) is 2.96.